The summed E-state index contributed by atoms with van der Waals surface area (Å²) in [6.07, 6.45) is 0. The molecule has 1 aromatic carbocycles. The first-order valence-corrected chi connectivity index (χ1v) is 6.41. The van der Waals surface area contributed by atoms with Gasteiger partial charge < -0.3 is 15.5 Å². The lowest BCUT2D eigenvalue weighted by molar-refractivity contribution is 0.380. The zero-order chi connectivity index (χ0) is 13.3. The van der Waals surface area contributed by atoms with Crippen molar-refractivity contribution in [3.8, 4) is 0 Å². The molecular weight excluding hydrogens is 224 g/mol. The van der Waals surface area contributed by atoms with E-state index in [1.165, 1.54) is 22.4 Å². The average Bonchev–Trinajstić information content (AvgIpc) is 2.34. The minimum Gasteiger partial charge on any atom is -0.370 e. The van der Waals surface area contributed by atoms with E-state index < -0.39 is 0 Å². The number of guanidine groups is 1. The molecule has 1 heterocycles. The van der Waals surface area contributed by atoms with Gasteiger partial charge in [0, 0.05) is 31.9 Å². The summed E-state index contributed by atoms with van der Waals surface area (Å²) in [6.45, 7) is 10.0. The molecular formula is C14H22N4. The van der Waals surface area contributed by atoms with E-state index in [9.17, 15) is 0 Å². The van der Waals surface area contributed by atoms with Crippen LogP contribution in [0.3, 0.4) is 0 Å². The topological polar surface area (TPSA) is 56.4 Å². The van der Waals surface area contributed by atoms with Crippen LogP contribution < -0.4 is 10.6 Å². The number of piperazine rings is 1. The van der Waals surface area contributed by atoms with Crippen molar-refractivity contribution < 1.29 is 0 Å². The third kappa shape index (κ3) is 2.42. The quantitative estimate of drug-likeness (QED) is 0.585. The summed E-state index contributed by atoms with van der Waals surface area (Å²) in [5, 5.41) is 7.45. The number of nitrogens with two attached hydrogens (primary N) is 1. The standard InChI is InChI=1S/C14H22N4/c1-10-8-12(3)13(9-11(10)2)17-4-6-18(7-5-17)14(15)16/h8-9H,4-7H2,1-3H3,(H3,15,16). The zero-order valence-corrected chi connectivity index (χ0v) is 11.5. The summed E-state index contributed by atoms with van der Waals surface area (Å²) in [5.41, 5.74) is 10.8. The third-order valence-corrected chi connectivity index (χ3v) is 3.77. The molecule has 98 valence electrons. The maximum Gasteiger partial charge on any atom is 0.188 e. The van der Waals surface area contributed by atoms with Crippen molar-refractivity contribution in [2.24, 2.45) is 5.73 Å². The molecule has 0 aromatic heterocycles. The molecule has 2 rings (SSSR count). The fourth-order valence-electron chi connectivity index (χ4n) is 2.47. The van der Waals surface area contributed by atoms with Gasteiger partial charge in [-0.3, -0.25) is 5.41 Å². The highest BCUT2D eigenvalue weighted by molar-refractivity contribution is 5.75. The monoisotopic (exact) mass is 246 g/mol. The second-order valence-electron chi connectivity index (χ2n) is 5.08. The van der Waals surface area contributed by atoms with E-state index in [2.05, 4.69) is 37.8 Å². The second-order valence-corrected chi connectivity index (χ2v) is 5.08. The number of benzene rings is 1. The van der Waals surface area contributed by atoms with Crippen LogP contribution >= 0.6 is 0 Å². The molecule has 0 spiro atoms. The molecule has 3 N–H and O–H groups in total. The highest BCUT2D eigenvalue weighted by atomic mass is 15.3. The molecule has 0 radical (unpaired) electrons. The van der Waals surface area contributed by atoms with Gasteiger partial charge in [-0.05, 0) is 43.5 Å². The summed E-state index contributed by atoms with van der Waals surface area (Å²) in [5.74, 6) is 0.187. The average molecular weight is 246 g/mol. The molecule has 0 unspecified atom stereocenters. The molecule has 0 bridgehead atoms. The van der Waals surface area contributed by atoms with Gasteiger partial charge in [0.05, 0.1) is 0 Å². The van der Waals surface area contributed by atoms with Gasteiger partial charge in [0.1, 0.15) is 0 Å². The van der Waals surface area contributed by atoms with Crippen molar-refractivity contribution in [1.82, 2.24) is 4.90 Å². The minimum atomic E-state index is 0.187. The SMILES string of the molecule is Cc1cc(C)c(N2CCN(C(=N)N)CC2)cc1C. The molecule has 18 heavy (non-hydrogen) atoms. The highest BCUT2D eigenvalue weighted by Crippen LogP contribution is 2.25. The van der Waals surface area contributed by atoms with E-state index >= 15 is 0 Å². The molecule has 1 saturated heterocycles. The number of hydrogen-bond donors (Lipinski definition) is 2. The lowest BCUT2D eigenvalue weighted by atomic mass is 10.0. The first-order valence-electron chi connectivity index (χ1n) is 6.41. The Morgan fingerprint density at radius 2 is 1.56 bits per heavy atom. The van der Waals surface area contributed by atoms with Crippen molar-refractivity contribution in [2.75, 3.05) is 31.1 Å². The van der Waals surface area contributed by atoms with Gasteiger partial charge in [-0.25, -0.2) is 0 Å². The van der Waals surface area contributed by atoms with E-state index in [-0.39, 0.29) is 5.96 Å². The van der Waals surface area contributed by atoms with Crippen molar-refractivity contribution in [3.05, 3.63) is 28.8 Å². The van der Waals surface area contributed by atoms with Crippen LogP contribution in [-0.4, -0.2) is 37.0 Å². The van der Waals surface area contributed by atoms with E-state index in [0.29, 0.717) is 0 Å². The smallest absolute Gasteiger partial charge is 0.188 e. The fourth-order valence-corrected chi connectivity index (χ4v) is 2.47. The maximum atomic E-state index is 7.45. The summed E-state index contributed by atoms with van der Waals surface area (Å²) in [7, 11) is 0. The fraction of sp³-hybridized carbons (Fsp3) is 0.500. The Morgan fingerprint density at radius 1 is 1.00 bits per heavy atom. The molecule has 4 nitrogen and oxygen atoms in total. The largest absolute Gasteiger partial charge is 0.370 e. The molecule has 1 fully saturated rings. The van der Waals surface area contributed by atoms with E-state index in [1.807, 2.05) is 4.90 Å². The van der Waals surface area contributed by atoms with Crippen LogP contribution in [0.25, 0.3) is 0 Å². The third-order valence-electron chi connectivity index (χ3n) is 3.77. The van der Waals surface area contributed by atoms with Crippen LogP contribution in [0.4, 0.5) is 5.69 Å². The Morgan fingerprint density at radius 3 is 2.11 bits per heavy atom. The Hall–Kier alpha value is -1.71. The van der Waals surface area contributed by atoms with E-state index in [4.69, 9.17) is 11.1 Å². The van der Waals surface area contributed by atoms with Crippen molar-refractivity contribution in [1.29, 1.82) is 5.41 Å². The van der Waals surface area contributed by atoms with Crippen LogP contribution in [0, 0.1) is 26.2 Å². The summed E-state index contributed by atoms with van der Waals surface area (Å²) >= 11 is 0. The number of hydrogen-bond acceptors (Lipinski definition) is 2. The number of rotatable bonds is 1. The molecule has 1 aliphatic heterocycles. The van der Waals surface area contributed by atoms with E-state index in [1.54, 1.807) is 0 Å². The lowest BCUT2D eigenvalue weighted by Gasteiger charge is -2.37. The number of anilines is 1. The Balaban J connectivity index is 2.15. The molecule has 0 saturated carbocycles. The van der Waals surface area contributed by atoms with Gasteiger partial charge in [0.2, 0.25) is 0 Å². The van der Waals surface area contributed by atoms with Gasteiger partial charge in [0.25, 0.3) is 0 Å². The van der Waals surface area contributed by atoms with Crippen molar-refractivity contribution >= 4 is 11.6 Å². The lowest BCUT2D eigenvalue weighted by Crippen LogP contribution is -2.51. The van der Waals surface area contributed by atoms with Crippen molar-refractivity contribution in [3.63, 3.8) is 0 Å². The van der Waals surface area contributed by atoms with Crippen LogP contribution in [-0.2, 0) is 0 Å². The Labute approximate surface area is 109 Å². The van der Waals surface area contributed by atoms with Gasteiger partial charge >= 0.3 is 0 Å². The first kappa shape index (κ1) is 12.7. The molecule has 1 aliphatic rings. The second kappa shape index (κ2) is 4.88. The molecule has 4 heteroatoms. The predicted octanol–water partition coefficient (Wildman–Crippen LogP) is 1.63. The van der Waals surface area contributed by atoms with Gasteiger partial charge in [-0.15, -0.1) is 0 Å². The molecule has 1 aromatic rings. The number of nitrogens with zero attached hydrogens (tertiary/aromatic N) is 2. The number of nitrogens with one attached hydrogen (secondary N) is 1. The maximum absolute atomic E-state index is 7.45. The highest BCUT2D eigenvalue weighted by Gasteiger charge is 2.19. The summed E-state index contributed by atoms with van der Waals surface area (Å²) < 4.78 is 0. The van der Waals surface area contributed by atoms with Gasteiger partial charge in [-0.2, -0.15) is 0 Å². The van der Waals surface area contributed by atoms with Gasteiger partial charge in [-0.1, -0.05) is 6.07 Å². The van der Waals surface area contributed by atoms with Crippen molar-refractivity contribution in [2.45, 2.75) is 20.8 Å². The number of aryl methyl sites for hydroxylation is 3. The predicted molar refractivity (Wildman–Crippen MR) is 76.4 cm³/mol. The Bertz CT molecular complexity index is 459. The van der Waals surface area contributed by atoms with Crippen LogP contribution in [0.5, 0.6) is 0 Å². The van der Waals surface area contributed by atoms with E-state index in [0.717, 1.165) is 26.2 Å². The van der Waals surface area contributed by atoms with Gasteiger partial charge in [0.15, 0.2) is 5.96 Å². The summed E-state index contributed by atoms with van der Waals surface area (Å²) in [6, 6.07) is 4.52. The molecule has 0 aliphatic carbocycles. The normalized spacial score (nSPS) is 15.9. The first-order chi connectivity index (χ1) is 8.49. The molecule has 0 atom stereocenters. The molecule has 0 amide bonds. The Kier molecular flexibility index (Phi) is 3.45. The minimum absolute atomic E-state index is 0.187. The van der Waals surface area contributed by atoms with Crippen LogP contribution in [0.15, 0.2) is 12.1 Å². The van der Waals surface area contributed by atoms with Crippen LogP contribution in [0.1, 0.15) is 16.7 Å². The summed E-state index contributed by atoms with van der Waals surface area (Å²) in [4.78, 5) is 4.31. The zero-order valence-electron chi connectivity index (χ0n) is 11.5. The van der Waals surface area contributed by atoms with Crippen LogP contribution in [0.2, 0.25) is 0 Å².